The predicted molar refractivity (Wildman–Crippen MR) is 64.5 cm³/mol. The Hall–Kier alpha value is -0.610. The highest BCUT2D eigenvalue weighted by Gasteiger charge is 2.46. The number of nitrogens with two attached hydrogens (primary N) is 1. The van der Waals surface area contributed by atoms with E-state index in [1.807, 2.05) is 6.92 Å². The van der Waals surface area contributed by atoms with Gasteiger partial charge in [0.05, 0.1) is 13.2 Å². The van der Waals surface area contributed by atoms with Gasteiger partial charge in [0.1, 0.15) is 11.5 Å². The molecule has 0 aromatic heterocycles. The number of rotatable bonds is 2. The van der Waals surface area contributed by atoms with Crippen molar-refractivity contribution in [3.8, 4) is 0 Å². The molecule has 1 aliphatic heterocycles. The van der Waals surface area contributed by atoms with E-state index < -0.39 is 5.41 Å². The molecular formula is C13H23NO3. The summed E-state index contributed by atoms with van der Waals surface area (Å²) in [7, 11) is 0. The van der Waals surface area contributed by atoms with Gasteiger partial charge in [-0.3, -0.25) is 4.79 Å². The van der Waals surface area contributed by atoms with E-state index >= 15 is 0 Å². The van der Waals surface area contributed by atoms with E-state index in [1.54, 1.807) is 0 Å². The van der Waals surface area contributed by atoms with Gasteiger partial charge in [-0.15, -0.1) is 0 Å². The molecule has 0 radical (unpaired) electrons. The third kappa shape index (κ3) is 2.80. The molecule has 0 spiro atoms. The molecule has 4 nitrogen and oxygen atoms in total. The quantitative estimate of drug-likeness (QED) is 0.589. The second-order valence-electron chi connectivity index (χ2n) is 5.56. The van der Waals surface area contributed by atoms with Gasteiger partial charge in [0.2, 0.25) is 0 Å². The molecule has 4 heteroatoms. The van der Waals surface area contributed by atoms with Crippen LogP contribution in [-0.4, -0.2) is 31.3 Å². The van der Waals surface area contributed by atoms with E-state index in [9.17, 15) is 4.79 Å². The van der Waals surface area contributed by atoms with Gasteiger partial charge >= 0.3 is 5.97 Å². The normalized spacial score (nSPS) is 35.5. The zero-order valence-electron chi connectivity index (χ0n) is 10.6. The highest BCUT2D eigenvalue weighted by Crippen LogP contribution is 2.30. The molecule has 2 rings (SSSR count). The Kier molecular flexibility index (Phi) is 4.05. The average molecular weight is 241 g/mol. The van der Waals surface area contributed by atoms with Crippen LogP contribution < -0.4 is 5.73 Å². The van der Waals surface area contributed by atoms with Gasteiger partial charge in [-0.05, 0) is 32.6 Å². The topological polar surface area (TPSA) is 61.5 Å². The van der Waals surface area contributed by atoms with E-state index in [2.05, 4.69) is 0 Å². The van der Waals surface area contributed by atoms with Crippen molar-refractivity contribution in [2.24, 2.45) is 11.1 Å². The van der Waals surface area contributed by atoms with Crippen molar-refractivity contribution >= 4 is 5.97 Å². The second kappa shape index (κ2) is 5.36. The minimum absolute atomic E-state index is 0.0922. The summed E-state index contributed by atoms with van der Waals surface area (Å²) in [5.74, 6) is -0.172. The molecule has 2 aliphatic rings. The lowest BCUT2D eigenvalue weighted by Gasteiger charge is -2.27. The van der Waals surface area contributed by atoms with Crippen LogP contribution in [0, 0.1) is 5.41 Å². The van der Waals surface area contributed by atoms with Gasteiger partial charge in [0.15, 0.2) is 0 Å². The Morgan fingerprint density at radius 3 is 2.47 bits per heavy atom. The van der Waals surface area contributed by atoms with E-state index in [-0.39, 0.29) is 18.1 Å². The van der Waals surface area contributed by atoms with Gasteiger partial charge < -0.3 is 15.2 Å². The molecule has 0 aromatic rings. The van der Waals surface area contributed by atoms with Crippen molar-refractivity contribution in [2.45, 2.75) is 57.6 Å². The molecule has 17 heavy (non-hydrogen) atoms. The second-order valence-corrected chi connectivity index (χ2v) is 5.56. The lowest BCUT2D eigenvalue weighted by molar-refractivity contribution is -0.161. The Balaban J connectivity index is 1.91. The molecular weight excluding hydrogens is 218 g/mol. The molecule has 0 aromatic carbocycles. The van der Waals surface area contributed by atoms with E-state index in [0.717, 1.165) is 25.7 Å². The first-order valence-corrected chi connectivity index (χ1v) is 6.67. The summed E-state index contributed by atoms with van der Waals surface area (Å²) < 4.78 is 10.9. The van der Waals surface area contributed by atoms with Crippen LogP contribution in [0.15, 0.2) is 0 Å². The van der Waals surface area contributed by atoms with Gasteiger partial charge in [-0.25, -0.2) is 0 Å². The highest BCUT2D eigenvalue weighted by molar-refractivity contribution is 5.78. The maximum atomic E-state index is 12.2. The molecule has 2 N–H and O–H groups in total. The summed E-state index contributed by atoms with van der Waals surface area (Å²) in [5.41, 5.74) is 5.28. The van der Waals surface area contributed by atoms with Crippen molar-refractivity contribution in [1.82, 2.24) is 0 Å². The van der Waals surface area contributed by atoms with Gasteiger partial charge in [-0.2, -0.15) is 0 Å². The van der Waals surface area contributed by atoms with Crippen molar-refractivity contribution < 1.29 is 14.3 Å². The summed E-state index contributed by atoms with van der Waals surface area (Å²) in [6.45, 7) is 2.69. The molecule has 1 heterocycles. The average Bonchev–Trinajstić information content (AvgIpc) is 2.55. The van der Waals surface area contributed by atoms with Crippen molar-refractivity contribution in [2.75, 3.05) is 13.2 Å². The van der Waals surface area contributed by atoms with Gasteiger partial charge in [0.25, 0.3) is 0 Å². The molecule has 2 fully saturated rings. The van der Waals surface area contributed by atoms with Crippen LogP contribution in [0.4, 0.5) is 0 Å². The van der Waals surface area contributed by atoms with Gasteiger partial charge in [0, 0.05) is 6.04 Å². The van der Waals surface area contributed by atoms with Crippen LogP contribution in [0.25, 0.3) is 0 Å². The number of carbonyl (C=O) groups excluding carboxylic acids is 1. The molecule has 1 saturated heterocycles. The van der Waals surface area contributed by atoms with Crippen molar-refractivity contribution in [1.29, 1.82) is 0 Å². The molecule has 0 amide bonds. The fourth-order valence-electron chi connectivity index (χ4n) is 2.54. The minimum atomic E-state index is -0.647. The number of esters is 1. The fourth-order valence-corrected chi connectivity index (χ4v) is 2.54. The standard InChI is InChI=1S/C13H23NO3/c1-13(9-16-8-11(13)14)12(15)17-10-6-4-2-3-5-7-10/h10-11H,2-9,14H2,1H3. The number of ether oxygens (including phenoxy) is 2. The van der Waals surface area contributed by atoms with Crippen LogP contribution in [-0.2, 0) is 14.3 Å². The lowest BCUT2D eigenvalue weighted by atomic mass is 9.86. The monoisotopic (exact) mass is 241 g/mol. The molecule has 0 bridgehead atoms. The Morgan fingerprint density at radius 1 is 1.29 bits per heavy atom. The minimum Gasteiger partial charge on any atom is -0.462 e. The molecule has 1 saturated carbocycles. The molecule has 2 atom stereocenters. The zero-order valence-corrected chi connectivity index (χ0v) is 10.6. The predicted octanol–water partition coefficient (Wildman–Crippen LogP) is 1.62. The number of carbonyl (C=O) groups is 1. The van der Waals surface area contributed by atoms with Crippen LogP contribution in [0.5, 0.6) is 0 Å². The summed E-state index contributed by atoms with van der Waals surface area (Å²) in [6.07, 6.45) is 6.93. The molecule has 1 aliphatic carbocycles. The lowest BCUT2D eigenvalue weighted by Crippen LogP contribution is -2.46. The molecule has 98 valence electrons. The fraction of sp³-hybridized carbons (Fsp3) is 0.923. The van der Waals surface area contributed by atoms with Crippen LogP contribution in [0.3, 0.4) is 0 Å². The van der Waals surface area contributed by atoms with Crippen LogP contribution in [0.2, 0.25) is 0 Å². The van der Waals surface area contributed by atoms with E-state index in [0.29, 0.717) is 13.2 Å². The Labute approximate surface area is 103 Å². The first kappa shape index (κ1) is 12.8. The number of hydrogen-bond acceptors (Lipinski definition) is 4. The number of hydrogen-bond donors (Lipinski definition) is 1. The first-order valence-electron chi connectivity index (χ1n) is 6.67. The zero-order chi connectivity index (χ0) is 12.3. The SMILES string of the molecule is CC1(C(=O)OC2CCCCCC2)COCC1N. The maximum Gasteiger partial charge on any atom is 0.316 e. The smallest absolute Gasteiger partial charge is 0.316 e. The summed E-state index contributed by atoms with van der Waals surface area (Å²) in [4.78, 5) is 12.2. The third-order valence-corrected chi connectivity index (χ3v) is 4.06. The van der Waals surface area contributed by atoms with Crippen LogP contribution >= 0.6 is 0 Å². The molecule has 2 unspecified atom stereocenters. The summed E-state index contributed by atoms with van der Waals surface area (Å²) in [6, 6.07) is -0.235. The Bertz CT molecular complexity index is 274. The van der Waals surface area contributed by atoms with E-state index in [4.69, 9.17) is 15.2 Å². The van der Waals surface area contributed by atoms with Crippen molar-refractivity contribution in [3.05, 3.63) is 0 Å². The highest BCUT2D eigenvalue weighted by atomic mass is 16.6. The van der Waals surface area contributed by atoms with Crippen molar-refractivity contribution in [3.63, 3.8) is 0 Å². The maximum absolute atomic E-state index is 12.2. The van der Waals surface area contributed by atoms with E-state index in [1.165, 1.54) is 12.8 Å². The largest absolute Gasteiger partial charge is 0.462 e. The Morgan fingerprint density at radius 2 is 1.94 bits per heavy atom. The van der Waals surface area contributed by atoms with Crippen LogP contribution in [0.1, 0.15) is 45.4 Å². The summed E-state index contributed by atoms with van der Waals surface area (Å²) >= 11 is 0. The third-order valence-electron chi connectivity index (χ3n) is 4.06. The summed E-state index contributed by atoms with van der Waals surface area (Å²) in [5, 5.41) is 0. The first-order chi connectivity index (χ1) is 8.13. The van der Waals surface area contributed by atoms with Gasteiger partial charge in [-0.1, -0.05) is 12.8 Å².